The molecule has 0 aliphatic carbocycles. The van der Waals surface area contributed by atoms with Gasteiger partial charge in [0.1, 0.15) is 0 Å². The minimum absolute atomic E-state index is 0.139. The maximum atomic E-state index is 11.4. The van der Waals surface area contributed by atoms with Crippen molar-refractivity contribution >= 4 is 6.03 Å². The first-order valence-electron chi connectivity index (χ1n) is 4.64. The van der Waals surface area contributed by atoms with Gasteiger partial charge in [0.15, 0.2) is 0 Å². The predicted octanol–water partition coefficient (Wildman–Crippen LogP) is 0.578. The number of amides is 2. The van der Waals surface area contributed by atoms with E-state index in [-0.39, 0.29) is 6.03 Å². The predicted molar refractivity (Wildman–Crippen MR) is 52.8 cm³/mol. The Labute approximate surface area is 84.6 Å². The molecule has 0 aromatic carbocycles. The van der Waals surface area contributed by atoms with Crippen LogP contribution in [0.3, 0.4) is 0 Å². The molecule has 2 amide bonds. The number of methoxy groups -OCH3 is 1. The van der Waals surface area contributed by atoms with Crippen LogP contribution in [0.2, 0.25) is 0 Å². The number of nitriles is 1. The Morgan fingerprint density at radius 1 is 1.57 bits per heavy atom. The second kappa shape index (κ2) is 8.32. The molecule has 0 aromatic rings. The van der Waals surface area contributed by atoms with Gasteiger partial charge in [-0.15, -0.1) is 0 Å². The maximum Gasteiger partial charge on any atom is 0.317 e. The van der Waals surface area contributed by atoms with Gasteiger partial charge in [0, 0.05) is 26.7 Å². The minimum atomic E-state index is -0.139. The molecular formula is C9H17N3O2. The van der Waals surface area contributed by atoms with Gasteiger partial charge in [0.2, 0.25) is 0 Å². The number of nitrogens with zero attached hydrogens (tertiary/aromatic N) is 2. The quantitative estimate of drug-likeness (QED) is 0.680. The fourth-order valence-electron chi connectivity index (χ4n) is 0.964. The van der Waals surface area contributed by atoms with Crippen LogP contribution < -0.4 is 5.32 Å². The summed E-state index contributed by atoms with van der Waals surface area (Å²) in [5.74, 6) is 0. The Balaban J connectivity index is 3.95. The maximum absolute atomic E-state index is 11.4. The second-order valence-corrected chi connectivity index (χ2v) is 2.72. The van der Waals surface area contributed by atoms with Crippen molar-refractivity contribution in [2.24, 2.45) is 0 Å². The third-order valence-corrected chi connectivity index (χ3v) is 1.67. The number of ether oxygens (including phenoxy) is 1. The summed E-state index contributed by atoms with van der Waals surface area (Å²) in [6.45, 7) is 3.91. The number of urea groups is 1. The summed E-state index contributed by atoms with van der Waals surface area (Å²) >= 11 is 0. The molecule has 0 aliphatic heterocycles. The van der Waals surface area contributed by atoms with Crippen molar-refractivity contribution in [2.75, 3.05) is 33.4 Å². The Morgan fingerprint density at radius 3 is 2.79 bits per heavy atom. The zero-order valence-corrected chi connectivity index (χ0v) is 8.75. The van der Waals surface area contributed by atoms with Crippen LogP contribution >= 0.6 is 0 Å². The van der Waals surface area contributed by atoms with E-state index in [1.165, 1.54) is 0 Å². The monoisotopic (exact) mass is 199 g/mol. The van der Waals surface area contributed by atoms with Crippen LogP contribution in [0, 0.1) is 11.3 Å². The summed E-state index contributed by atoms with van der Waals surface area (Å²) in [6, 6.07) is 1.87. The number of hydrogen-bond donors (Lipinski definition) is 1. The lowest BCUT2D eigenvalue weighted by molar-refractivity contribution is 0.150. The van der Waals surface area contributed by atoms with Crippen LogP contribution in [0.5, 0.6) is 0 Å². The molecular weight excluding hydrogens is 182 g/mol. The topological polar surface area (TPSA) is 65.4 Å². The lowest BCUT2D eigenvalue weighted by atomic mass is 10.4. The molecule has 5 heteroatoms. The van der Waals surface area contributed by atoms with Crippen LogP contribution in [0.1, 0.15) is 13.3 Å². The fraction of sp³-hybridized carbons (Fsp3) is 0.778. The molecule has 5 nitrogen and oxygen atoms in total. The molecule has 0 saturated heterocycles. The van der Waals surface area contributed by atoms with Crippen molar-refractivity contribution in [1.29, 1.82) is 5.26 Å². The summed E-state index contributed by atoms with van der Waals surface area (Å²) in [5, 5.41) is 11.1. The van der Waals surface area contributed by atoms with Crippen LogP contribution in [0.4, 0.5) is 4.79 Å². The Morgan fingerprint density at radius 2 is 2.29 bits per heavy atom. The van der Waals surface area contributed by atoms with E-state index in [1.54, 1.807) is 12.0 Å². The summed E-state index contributed by atoms with van der Waals surface area (Å²) in [6.07, 6.45) is 0.348. The average molecular weight is 199 g/mol. The number of carbonyl (C=O) groups is 1. The Hall–Kier alpha value is -1.28. The van der Waals surface area contributed by atoms with Crippen LogP contribution in [0.25, 0.3) is 0 Å². The molecule has 0 bridgehead atoms. The first kappa shape index (κ1) is 12.7. The van der Waals surface area contributed by atoms with Crippen molar-refractivity contribution in [3.05, 3.63) is 0 Å². The Kier molecular flexibility index (Phi) is 7.56. The summed E-state index contributed by atoms with van der Waals surface area (Å²) in [7, 11) is 1.58. The summed E-state index contributed by atoms with van der Waals surface area (Å²) in [4.78, 5) is 13.0. The third-order valence-electron chi connectivity index (χ3n) is 1.67. The zero-order valence-electron chi connectivity index (χ0n) is 8.75. The molecule has 0 rings (SSSR count). The van der Waals surface area contributed by atoms with E-state index in [0.717, 1.165) is 0 Å². The van der Waals surface area contributed by atoms with Gasteiger partial charge in [-0.2, -0.15) is 5.26 Å². The number of hydrogen-bond acceptors (Lipinski definition) is 3. The summed E-state index contributed by atoms with van der Waals surface area (Å²) in [5.41, 5.74) is 0. The molecule has 0 saturated carbocycles. The molecule has 0 unspecified atom stereocenters. The van der Waals surface area contributed by atoms with Crippen molar-refractivity contribution in [3.63, 3.8) is 0 Å². The van der Waals surface area contributed by atoms with E-state index in [0.29, 0.717) is 32.7 Å². The highest BCUT2D eigenvalue weighted by Crippen LogP contribution is 1.92. The van der Waals surface area contributed by atoms with Gasteiger partial charge in [0.25, 0.3) is 0 Å². The highest BCUT2D eigenvalue weighted by atomic mass is 16.5. The van der Waals surface area contributed by atoms with E-state index in [4.69, 9.17) is 10.00 Å². The zero-order chi connectivity index (χ0) is 10.8. The normalized spacial score (nSPS) is 9.21. The molecule has 14 heavy (non-hydrogen) atoms. The van der Waals surface area contributed by atoms with E-state index < -0.39 is 0 Å². The molecule has 80 valence electrons. The van der Waals surface area contributed by atoms with Gasteiger partial charge >= 0.3 is 6.03 Å². The van der Waals surface area contributed by atoms with Gasteiger partial charge in [-0.25, -0.2) is 4.79 Å². The highest BCUT2D eigenvalue weighted by Gasteiger charge is 2.10. The molecule has 0 atom stereocenters. The van der Waals surface area contributed by atoms with Gasteiger partial charge in [-0.3, -0.25) is 0 Å². The highest BCUT2D eigenvalue weighted by molar-refractivity contribution is 5.74. The second-order valence-electron chi connectivity index (χ2n) is 2.72. The van der Waals surface area contributed by atoms with Crippen molar-refractivity contribution < 1.29 is 9.53 Å². The fourth-order valence-corrected chi connectivity index (χ4v) is 0.964. The van der Waals surface area contributed by atoms with Crippen molar-refractivity contribution in [1.82, 2.24) is 10.2 Å². The van der Waals surface area contributed by atoms with Gasteiger partial charge in [0.05, 0.1) is 19.1 Å². The first-order valence-corrected chi connectivity index (χ1v) is 4.64. The number of carbonyl (C=O) groups excluding carboxylic acids is 1. The molecule has 0 radical (unpaired) electrons. The van der Waals surface area contributed by atoms with Crippen molar-refractivity contribution in [2.45, 2.75) is 13.3 Å². The van der Waals surface area contributed by atoms with E-state index in [2.05, 4.69) is 5.32 Å². The first-order chi connectivity index (χ1) is 6.76. The SMILES string of the molecule is CCNC(=O)N(CCC#N)CCOC. The number of nitrogens with one attached hydrogen (secondary N) is 1. The molecule has 0 aliphatic rings. The largest absolute Gasteiger partial charge is 0.383 e. The van der Waals surface area contributed by atoms with Crippen LogP contribution in [-0.2, 0) is 4.74 Å². The van der Waals surface area contributed by atoms with Gasteiger partial charge in [-0.1, -0.05) is 0 Å². The minimum Gasteiger partial charge on any atom is -0.383 e. The van der Waals surface area contributed by atoms with Gasteiger partial charge < -0.3 is 15.0 Å². The average Bonchev–Trinajstić information content (AvgIpc) is 2.18. The summed E-state index contributed by atoms with van der Waals surface area (Å²) < 4.78 is 4.88. The standard InChI is InChI=1S/C9H17N3O2/c1-3-11-9(13)12(6-4-5-10)7-8-14-2/h3-4,6-8H2,1-2H3,(H,11,13). The van der Waals surface area contributed by atoms with E-state index >= 15 is 0 Å². The molecule has 0 heterocycles. The number of rotatable bonds is 6. The lowest BCUT2D eigenvalue weighted by Crippen LogP contribution is -2.42. The van der Waals surface area contributed by atoms with E-state index in [9.17, 15) is 4.79 Å². The van der Waals surface area contributed by atoms with E-state index in [1.807, 2.05) is 13.0 Å². The Bertz CT molecular complexity index is 201. The molecule has 0 spiro atoms. The van der Waals surface area contributed by atoms with Crippen LogP contribution in [0.15, 0.2) is 0 Å². The lowest BCUT2D eigenvalue weighted by Gasteiger charge is -2.21. The molecule has 1 N–H and O–H groups in total. The smallest absolute Gasteiger partial charge is 0.317 e. The van der Waals surface area contributed by atoms with Crippen molar-refractivity contribution in [3.8, 4) is 6.07 Å². The molecule has 0 fully saturated rings. The van der Waals surface area contributed by atoms with Gasteiger partial charge in [-0.05, 0) is 6.92 Å². The third kappa shape index (κ3) is 5.38. The molecule has 0 aromatic heterocycles. The van der Waals surface area contributed by atoms with Crippen LogP contribution in [-0.4, -0.2) is 44.3 Å².